The second-order valence-corrected chi connectivity index (χ2v) is 29.2. The van der Waals surface area contributed by atoms with Gasteiger partial charge in [0.25, 0.3) is 0 Å². The van der Waals surface area contributed by atoms with E-state index in [1.54, 1.807) is 6.92 Å². The molecule has 13 rings (SSSR count). The molecule has 0 saturated carbocycles. The third-order valence-electron chi connectivity index (χ3n) is 18.6. The molecule has 2 saturated heterocycles. The summed E-state index contributed by atoms with van der Waals surface area (Å²) in [5, 5.41) is 119. The van der Waals surface area contributed by atoms with E-state index in [4.69, 9.17) is 74.6 Å². The molecule has 7 amide bonds. The maximum absolute atomic E-state index is 16.2. The molecule has 18 atom stereocenters. The molecule has 108 heavy (non-hydrogen) atoms. The number of nitrogens with zero attached hydrogens (tertiary/aromatic N) is 2. The summed E-state index contributed by atoms with van der Waals surface area (Å²) in [7, 11) is 0. The zero-order valence-electron chi connectivity index (χ0n) is 57.9. The Kier molecular flexibility index (Phi) is 23.4. The minimum atomic E-state index is -2.35. The number of hydrogen-bond acceptors (Lipinski definition) is 28. The van der Waals surface area contributed by atoms with E-state index >= 15 is 14.4 Å². The van der Waals surface area contributed by atoms with E-state index in [2.05, 4.69) is 41.9 Å². The van der Waals surface area contributed by atoms with Crippen LogP contribution in [0.15, 0.2) is 90.1 Å². The van der Waals surface area contributed by atoms with Crippen LogP contribution in [-0.4, -0.2) is 182 Å². The zero-order valence-corrected chi connectivity index (χ0v) is 60.2. The van der Waals surface area contributed by atoms with Crippen molar-refractivity contribution in [2.75, 3.05) is 17.2 Å². The van der Waals surface area contributed by atoms with Gasteiger partial charge in [0.1, 0.15) is 95.0 Å². The average Bonchev–Trinajstić information content (AvgIpc) is 0.767. The molecule has 8 heterocycles. The molecule has 11 bridgehead atoms. The van der Waals surface area contributed by atoms with Crippen LogP contribution in [0, 0.1) is 11.8 Å². The summed E-state index contributed by atoms with van der Waals surface area (Å²) < 4.78 is 39.4. The number of nitrogens with two attached hydrogens (primary N) is 4. The van der Waals surface area contributed by atoms with Gasteiger partial charge in [-0.05, 0) is 103 Å². The van der Waals surface area contributed by atoms with Crippen molar-refractivity contribution in [3.05, 3.63) is 123 Å². The van der Waals surface area contributed by atoms with Gasteiger partial charge in [-0.1, -0.05) is 73.9 Å². The first kappa shape index (κ1) is 79.0. The number of primary amides is 1. The zero-order chi connectivity index (χ0) is 78.4. The fourth-order valence-corrected chi connectivity index (χ4v) is 14.6. The second-order valence-electron chi connectivity index (χ2n) is 27.4. The number of anilines is 2. The molecule has 6 aromatic rings. The smallest absolute Gasteiger partial charge is 0.330 e. The van der Waals surface area contributed by atoms with Gasteiger partial charge in [0, 0.05) is 52.5 Å². The van der Waals surface area contributed by atoms with E-state index in [1.165, 1.54) is 32.0 Å². The van der Waals surface area contributed by atoms with Crippen LogP contribution in [0.25, 0.3) is 11.1 Å². The molecule has 23 N–H and O–H groups in total. The Labute approximate surface area is 628 Å². The molecule has 35 nitrogen and oxygen atoms in total. The van der Waals surface area contributed by atoms with Gasteiger partial charge in [0.05, 0.1) is 34.8 Å². The molecule has 0 radical (unpaired) electrons. The minimum absolute atomic E-state index is 0.00167. The van der Waals surface area contributed by atoms with E-state index in [9.17, 15) is 69.9 Å². The molecular weight excluding hydrogens is 1480 g/mol. The summed E-state index contributed by atoms with van der Waals surface area (Å²) in [5.74, 6) is -17.0. The number of nitrogens with one attached hydrogen (secondary N) is 6. The normalized spacial score (nSPS) is 28.3. The molecule has 0 spiro atoms. The Bertz CT molecular complexity index is 4530. The van der Waals surface area contributed by atoms with Crippen LogP contribution < -0.4 is 69.0 Å². The SMILES string of the molecule is CC(C)C[C@@H](C)C(=O)N[C@H]1C(=O)N[C@@H](CC(N)=O)C(=O)N[C@H]2C(=O)NC3C(=O)N[C@H](C(=O)N[C@@H](C(=O)O)c4cc(O)cc(O)c4-c4cc3ccc4O)[C@H](O)c3ccc(c(Cl)c3)Oc3cc2cc(c3OC2OC(CSc3nc(N)cc(N)n3)C(O)C(O)C2OC2CC(C)(N)C(O)C(C)O2)Oc2ccc(cc2Cl)[C@H]1O. The third-order valence-corrected chi connectivity index (χ3v) is 20.1. The Balaban J connectivity index is 1.16. The standard InChI is InChI=1S/C70H78Cl2N12O23S/c1-24(2)12-25(3)61(94)83-52-54(89)28-7-10-39(34(71)14-28)103-41-16-30-17-42(58(41)107-68-59(106-47-22-70(5,76)60(93)26(4)102-47)57(92)56(91)43(105-68)23-108-69-78-44(73)21-45(74)79-69)104-40-11-8-29(15-35(40)72)55(90)53-66(99)82-51(67(100)101)33-18-31(85)19-38(87)48(33)32-13-27(6-9-37(32)86)49(63(96)84-53)81-64(97)50(30)80-62(95)36(20-46(75)88)77-65(52)98/h6-11,13-19,21,24-26,36,43,47,49-57,59-60,68,85-87,89-93H,12,20,22-23,76H2,1-5H3,(H2,75,88)(H,77,98)(H,80,95)(H,81,97)(H,82,99)(H,83,94)(H,84,96)(H,100,101)(H4,73,74,78,79)/t25-,26?,36+,43?,47?,49?,50-,51-,52-,53+,54-,55-,56?,57?,59?,60?,68?,70?/m1/s1. The van der Waals surface area contributed by atoms with E-state index in [1.807, 2.05) is 13.8 Å². The van der Waals surface area contributed by atoms with Crippen LogP contribution in [-0.2, 0) is 52.6 Å². The predicted molar refractivity (Wildman–Crippen MR) is 380 cm³/mol. The van der Waals surface area contributed by atoms with Gasteiger partial charge < -0.3 is 129 Å². The highest BCUT2D eigenvalue weighted by Crippen LogP contribution is 2.50. The van der Waals surface area contributed by atoms with Gasteiger partial charge in [0.2, 0.25) is 53.4 Å². The van der Waals surface area contributed by atoms with Gasteiger partial charge in [-0.3, -0.25) is 33.6 Å². The van der Waals surface area contributed by atoms with Gasteiger partial charge in [-0.25, -0.2) is 14.8 Å². The number of carbonyl (C=O) groups is 8. The van der Waals surface area contributed by atoms with Crippen LogP contribution in [0.5, 0.6) is 46.0 Å². The molecule has 5 aromatic carbocycles. The molecule has 7 aliphatic heterocycles. The summed E-state index contributed by atoms with van der Waals surface area (Å²) in [5.41, 5.74) is 20.1. The highest BCUT2D eigenvalue weighted by atomic mass is 35.5. The molecule has 0 aliphatic carbocycles. The number of ether oxygens (including phenoxy) is 6. The maximum atomic E-state index is 16.2. The quantitative estimate of drug-likeness (QED) is 0.0547. The van der Waals surface area contributed by atoms with Crippen molar-refractivity contribution in [2.24, 2.45) is 23.3 Å². The third kappa shape index (κ3) is 17.1. The Morgan fingerprint density at radius 1 is 0.704 bits per heavy atom. The molecule has 2 fully saturated rings. The molecule has 10 unspecified atom stereocenters. The number of phenolic OH excluding ortho intramolecular Hbond substituents is 3. The number of aromatic nitrogens is 2. The number of nitrogen functional groups attached to an aromatic ring is 2. The number of fused-ring (bicyclic) bond motifs is 15. The fraction of sp³-hybridized carbons (Fsp3) is 0.400. The number of aliphatic hydroxyl groups is 5. The number of carbonyl (C=O) groups excluding carboxylic acids is 7. The maximum Gasteiger partial charge on any atom is 0.330 e. The van der Waals surface area contributed by atoms with Crippen LogP contribution >= 0.6 is 35.0 Å². The van der Waals surface area contributed by atoms with Crippen molar-refractivity contribution < 1.29 is 113 Å². The number of phenols is 3. The van der Waals surface area contributed by atoms with Crippen molar-refractivity contribution in [3.8, 4) is 57.1 Å². The minimum Gasteiger partial charge on any atom is -0.508 e. The number of halogens is 2. The van der Waals surface area contributed by atoms with Gasteiger partial charge in [0.15, 0.2) is 35.1 Å². The first-order valence-electron chi connectivity index (χ1n) is 33.6. The monoisotopic (exact) mass is 1560 g/mol. The van der Waals surface area contributed by atoms with Gasteiger partial charge >= 0.3 is 5.97 Å². The highest BCUT2D eigenvalue weighted by Gasteiger charge is 2.52. The lowest BCUT2D eigenvalue weighted by Gasteiger charge is -2.47. The van der Waals surface area contributed by atoms with E-state index in [0.717, 1.165) is 78.5 Å². The lowest BCUT2D eigenvalue weighted by molar-refractivity contribution is -0.329. The number of amides is 7. The van der Waals surface area contributed by atoms with Crippen LogP contribution in [0.3, 0.4) is 0 Å². The first-order valence-corrected chi connectivity index (χ1v) is 35.4. The number of carboxylic acids is 1. The van der Waals surface area contributed by atoms with Gasteiger partial charge in [-0.15, -0.1) is 0 Å². The molecule has 38 heteroatoms. The fourth-order valence-electron chi connectivity index (χ4n) is 13.2. The van der Waals surface area contributed by atoms with Crippen molar-refractivity contribution in [1.29, 1.82) is 0 Å². The van der Waals surface area contributed by atoms with E-state index < -0.39 is 230 Å². The van der Waals surface area contributed by atoms with Crippen molar-refractivity contribution >= 4 is 93.9 Å². The van der Waals surface area contributed by atoms with E-state index in [0.29, 0.717) is 0 Å². The second kappa shape index (κ2) is 32.0. The summed E-state index contributed by atoms with van der Waals surface area (Å²) in [4.78, 5) is 126. The Hall–Kier alpha value is -10.1. The van der Waals surface area contributed by atoms with Crippen molar-refractivity contribution in [1.82, 2.24) is 41.9 Å². The lowest BCUT2D eigenvalue weighted by atomic mass is 9.86. The summed E-state index contributed by atoms with van der Waals surface area (Å²) in [6, 6.07) is 1.73. The number of benzene rings is 5. The Morgan fingerprint density at radius 3 is 1.91 bits per heavy atom. The first-order chi connectivity index (χ1) is 50.9. The lowest BCUT2D eigenvalue weighted by Crippen LogP contribution is -2.64. The van der Waals surface area contributed by atoms with Crippen LogP contribution in [0.1, 0.15) is 112 Å². The highest BCUT2D eigenvalue weighted by molar-refractivity contribution is 7.99. The number of thioether (sulfide) groups is 1. The number of aliphatic hydroxyl groups excluding tert-OH is 5. The van der Waals surface area contributed by atoms with E-state index in [-0.39, 0.29) is 68.8 Å². The number of hydrogen-bond donors (Lipinski definition) is 19. The number of rotatable bonds is 14. The molecule has 576 valence electrons. The summed E-state index contributed by atoms with van der Waals surface area (Å²) in [6.45, 7) is 8.26. The summed E-state index contributed by atoms with van der Waals surface area (Å²) in [6.07, 6.45) is -18.3. The molecular formula is C70H78Cl2N12O23S. The topological polar surface area (TPSA) is 576 Å². The average molecular weight is 1560 g/mol. The largest absolute Gasteiger partial charge is 0.508 e. The van der Waals surface area contributed by atoms with Crippen molar-refractivity contribution in [2.45, 2.75) is 162 Å². The number of carboxylic acid groups (broad SMARTS) is 1. The molecule has 7 aliphatic rings. The van der Waals surface area contributed by atoms with Gasteiger partial charge in [-0.2, -0.15) is 0 Å². The number of aromatic hydroxyl groups is 3. The molecule has 1 aromatic heterocycles. The van der Waals surface area contributed by atoms with Crippen molar-refractivity contribution in [3.63, 3.8) is 0 Å². The number of aliphatic carboxylic acids is 1. The Morgan fingerprint density at radius 2 is 1.31 bits per heavy atom. The predicted octanol–water partition coefficient (Wildman–Crippen LogP) is 1.91. The summed E-state index contributed by atoms with van der Waals surface area (Å²) >= 11 is 15.1. The van der Waals surface area contributed by atoms with Crippen LogP contribution in [0.4, 0.5) is 11.6 Å². The van der Waals surface area contributed by atoms with Crippen LogP contribution in [0.2, 0.25) is 10.0 Å².